The molecule has 6 nitrogen and oxygen atoms in total. The van der Waals surface area contributed by atoms with E-state index >= 15 is 0 Å². The van der Waals surface area contributed by atoms with E-state index in [1.54, 1.807) is 12.1 Å². The van der Waals surface area contributed by atoms with Crippen molar-refractivity contribution < 1.29 is 9.90 Å². The summed E-state index contributed by atoms with van der Waals surface area (Å²) in [6, 6.07) is 7.77. The number of aliphatic hydroxyl groups excluding tert-OH is 1. The Hall–Kier alpha value is -1.47. The number of carbonyl (C=O) groups excluding carboxylic acids is 1. The molecule has 0 bridgehead atoms. The average molecular weight is 292 g/mol. The van der Waals surface area contributed by atoms with E-state index in [9.17, 15) is 9.90 Å². The molecule has 6 heteroatoms. The fourth-order valence-corrected chi connectivity index (χ4v) is 2.84. The number of likely N-dealkylation sites (tertiary alicyclic amines) is 1. The molecule has 116 valence electrons. The third kappa shape index (κ3) is 4.25. The van der Waals surface area contributed by atoms with Gasteiger partial charge in [0, 0.05) is 31.2 Å². The summed E-state index contributed by atoms with van der Waals surface area (Å²) in [5.41, 5.74) is 3.80. The van der Waals surface area contributed by atoms with Gasteiger partial charge in [-0.25, -0.2) is 5.84 Å². The Kier molecular flexibility index (Phi) is 5.30. The third-order valence-corrected chi connectivity index (χ3v) is 3.81. The maximum absolute atomic E-state index is 11.4. The van der Waals surface area contributed by atoms with Crippen LogP contribution in [-0.2, 0) is 6.54 Å². The number of hydrazine groups is 1. The van der Waals surface area contributed by atoms with Crippen LogP contribution in [0.2, 0.25) is 0 Å². The summed E-state index contributed by atoms with van der Waals surface area (Å²) in [5.74, 6) is 4.83. The molecule has 0 spiro atoms. The van der Waals surface area contributed by atoms with E-state index in [0.717, 1.165) is 25.1 Å². The molecule has 1 aliphatic rings. The van der Waals surface area contributed by atoms with Crippen molar-refractivity contribution in [2.45, 2.75) is 25.1 Å². The predicted octanol–water partition coefficient (Wildman–Crippen LogP) is -0.213. The molecular formula is C15H24N4O2. The normalized spacial score (nSPS) is 22.7. The molecule has 0 saturated carbocycles. The van der Waals surface area contributed by atoms with E-state index in [-0.39, 0.29) is 12.0 Å². The first-order valence-electron chi connectivity index (χ1n) is 7.16. The van der Waals surface area contributed by atoms with Gasteiger partial charge in [0.1, 0.15) is 0 Å². The lowest BCUT2D eigenvalue weighted by Gasteiger charge is -2.26. The number of carbonyl (C=O) groups is 1. The van der Waals surface area contributed by atoms with Crippen LogP contribution in [0.3, 0.4) is 0 Å². The maximum atomic E-state index is 11.4. The minimum absolute atomic E-state index is 0.253. The first kappa shape index (κ1) is 15.9. The van der Waals surface area contributed by atoms with Gasteiger partial charge in [-0.2, -0.15) is 0 Å². The fourth-order valence-electron chi connectivity index (χ4n) is 2.84. The largest absolute Gasteiger partial charge is 0.392 e. The van der Waals surface area contributed by atoms with Gasteiger partial charge in [0.2, 0.25) is 0 Å². The summed E-state index contributed by atoms with van der Waals surface area (Å²) in [6.07, 6.45) is 0.559. The van der Waals surface area contributed by atoms with Crippen molar-refractivity contribution >= 4 is 5.91 Å². The van der Waals surface area contributed by atoms with Crippen LogP contribution in [0.5, 0.6) is 0 Å². The topological polar surface area (TPSA) is 81.8 Å². The van der Waals surface area contributed by atoms with Crippen LogP contribution in [0.4, 0.5) is 0 Å². The Morgan fingerprint density at radius 3 is 2.67 bits per heavy atom. The van der Waals surface area contributed by atoms with Crippen molar-refractivity contribution in [1.82, 2.24) is 15.2 Å². The van der Waals surface area contributed by atoms with Gasteiger partial charge in [0.15, 0.2) is 0 Å². The summed E-state index contributed by atoms with van der Waals surface area (Å²) in [6.45, 7) is 2.41. The lowest BCUT2D eigenvalue weighted by atomic mass is 10.1. The van der Waals surface area contributed by atoms with Crippen LogP contribution in [0, 0.1) is 0 Å². The van der Waals surface area contributed by atoms with Crippen LogP contribution in [-0.4, -0.2) is 60.1 Å². The number of β-amino-alcohol motifs (C(OH)–C–C–N with tert-alkyl or cyclic N) is 1. The van der Waals surface area contributed by atoms with Crippen molar-refractivity contribution in [3.8, 4) is 0 Å². The number of benzene rings is 1. The molecule has 1 saturated heterocycles. The Morgan fingerprint density at radius 1 is 1.43 bits per heavy atom. The molecule has 0 aromatic heterocycles. The Labute approximate surface area is 125 Å². The highest BCUT2D eigenvalue weighted by Gasteiger charge is 2.30. The number of likely N-dealkylation sites (N-methyl/N-ethyl adjacent to an activating group) is 1. The van der Waals surface area contributed by atoms with Gasteiger partial charge < -0.3 is 10.0 Å². The van der Waals surface area contributed by atoms with Gasteiger partial charge in [-0.15, -0.1) is 0 Å². The average Bonchev–Trinajstić information content (AvgIpc) is 2.77. The summed E-state index contributed by atoms with van der Waals surface area (Å²) in [5, 5.41) is 9.88. The van der Waals surface area contributed by atoms with E-state index in [1.807, 2.05) is 26.2 Å². The van der Waals surface area contributed by atoms with Crippen molar-refractivity contribution in [3.05, 3.63) is 35.4 Å². The van der Waals surface area contributed by atoms with Gasteiger partial charge >= 0.3 is 0 Å². The van der Waals surface area contributed by atoms with Gasteiger partial charge in [-0.3, -0.25) is 15.1 Å². The minimum atomic E-state index is -0.288. The Morgan fingerprint density at radius 2 is 2.10 bits per heavy atom. The number of rotatable bonds is 5. The summed E-state index contributed by atoms with van der Waals surface area (Å²) in [4.78, 5) is 15.8. The molecule has 1 fully saturated rings. The monoisotopic (exact) mass is 292 g/mol. The SMILES string of the molecule is CN(C)CC1CC(O)CN1Cc1ccc(C(=O)NN)cc1. The summed E-state index contributed by atoms with van der Waals surface area (Å²) >= 11 is 0. The maximum Gasteiger partial charge on any atom is 0.265 e. The lowest BCUT2D eigenvalue weighted by molar-refractivity contribution is 0.0953. The van der Waals surface area contributed by atoms with Crippen LogP contribution >= 0.6 is 0 Å². The predicted molar refractivity (Wildman–Crippen MR) is 81.5 cm³/mol. The number of nitrogen functional groups attached to an aromatic ring is 1. The molecule has 0 aliphatic carbocycles. The second-order valence-corrected chi connectivity index (χ2v) is 5.91. The van der Waals surface area contributed by atoms with E-state index in [1.165, 1.54) is 0 Å². The van der Waals surface area contributed by atoms with Crippen molar-refractivity contribution in [2.24, 2.45) is 5.84 Å². The van der Waals surface area contributed by atoms with Gasteiger partial charge in [-0.1, -0.05) is 12.1 Å². The van der Waals surface area contributed by atoms with E-state index in [0.29, 0.717) is 18.2 Å². The number of nitrogens with two attached hydrogens (primary N) is 1. The number of hydrogen-bond acceptors (Lipinski definition) is 5. The van der Waals surface area contributed by atoms with Gasteiger partial charge in [-0.05, 0) is 38.2 Å². The van der Waals surface area contributed by atoms with Crippen molar-refractivity contribution in [1.29, 1.82) is 0 Å². The first-order chi connectivity index (χ1) is 9.99. The summed E-state index contributed by atoms with van der Waals surface area (Å²) in [7, 11) is 4.09. The number of nitrogens with one attached hydrogen (secondary N) is 1. The van der Waals surface area contributed by atoms with Crippen LogP contribution in [0.15, 0.2) is 24.3 Å². The molecule has 1 amide bonds. The number of hydrogen-bond donors (Lipinski definition) is 3. The molecule has 2 atom stereocenters. The van der Waals surface area contributed by atoms with E-state index in [4.69, 9.17) is 5.84 Å². The highest BCUT2D eigenvalue weighted by molar-refractivity contribution is 5.93. The fraction of sp³-hybridized carbons (Fsp3) is 0.533. The van der Waals surface area contributed by atoms with Gasteiger partial charge in [0.05, 0.1) is 6.10 Å². The van der Waals surface area contributed by atoms with Gasteiger partial charge in [0.25, 0.3) is 5.91 Å². The second-order valence-electron chi connectivity index (χ2n) is 5.91. The molecule has 1 aliphatic heterocycles. The molecule has 21 heavy (non-hydrogen) atoms. The molecule has 1 heterocycles. The molecule has 1 aromatic rings. The smallest absolute Gasteiger partial charge is 0.265 e. The zero-order valence-corrected chi connectivity index (χ0v) is 12.6. The van der Waals surface area contributed by atoms with E-state index in [2.05, 4.69) is 15.2 Å². The number of aliphatic hydroxyl groups is 1. The molecule has 4 N–H and O–H groups in total. The number of nitrogens with zero attached hydrogens (tertiary/aromatic N) is 2. The highest BCUT2D eigenvalue weighted by Crippen LogP contribution is 2.21. The zero-order chi connectivity index (χ0) is 15.4. The zero-order valence-electron chi connectivity index (χ0n) is 12.6. The summed E-state index contributed by atoms with van der Waals surface area (Å²) < 4.78 is 0. The highest BCUT2D eigenvalue weighted by atomic mass is 16.3. The standard InChI is InChI=1S/C15H24N4O2/c1-18(2)9-13-7-14(20)10-19(13)8-11-3-5-12(6-4-11)15(21)17-16/h3-6,13-14,20H,7-10,16H2,1-2H3,(H,17,21). The lowest BCUT2D eigenvalue weighted by Crippen LogP contribution is -2.37. The molecular weight excluding hydrogens is 268 g/mol. The number of amides is 1. The second kappa shape index (κ2) is 7.00. The molecule has 1 aromatic carbocycles. The van der Waals surface area contributed by atoms with E-state index < -0.39 is 0 Å². The van der Waals surface area contributed by atoms with Crippen molar-refractivity contribution in [2.75, 3.05) is 27.2 Å². The van der Waals surface area contributed by atoms with Crippen LogP contribution in [0.25, 0.3) is 0 Å². The Balaban J connectivity index is 2.01. The van der Waals surface area contributed by atoms with Crippen molar-refractivity contribution in [3.63, 3.8) is 0 Å². The minimum Gasteiger partial charge on any atom is -0.392 e. The van der Waals surface area contributed by atoms with Crippen LogP contribution < -0.4 is 11.3 Å². The Bertz CT molecular complexity index is 475. The third-order valence-electron chi connectivity index (χ3n) is 3.81. The van der Waals surface area contributed by atoms with Crippen LogP contribution in [0.1, 0.15) is 22.3 Å². The quantitative estimate of drug-likeness (QED) is 0.397. The molecule has 0 radical (unpaired) electrons. The first-order valence-corrected chi connectivity index (χ1v) is 7.16. The molecule has 2 rings (SSSR count). The molecule has 2 unspecified atom stereocenters.